The number of alkyl halides is 1. The van der Waals surface area contributed by atoms with E-state index in [4.69, 9.17) is 16.1 Å². The van der Waals surface area contributed by atoms with Crippen LogP contribution in [0.25, 0.3) is 0 Å². The summed E-state index contributed by atoms with van der Waals surface area (Å²) in [4.78, 5) is 16.1. The maximum Gasteiger partial charge on any atom is 0.292 e. The van der Waals surface area contributed by atoms with Crippen LogP contribution >= 0.6 is 11.6 Å². The van der Waals surface area contributed by atoms with Gasteiger partial charge < -0.3 is 9.42 Å². The lowest BCUT2D eigenvalue weighted by Crippen LogP contribution is -2.49. The second kappa shape index (κ2) is 5.51. The quantitative estimate of drug-likeness (QED) is 0.758. The number of carbonyl (C=O) groups excluding carboxylic acids is 1. The van der Waals surface area contributed by atoms with Crippen LogP contribution < -0.4 is 0 Å². The topological polar surface area (TPSA) is 49.6 Å². The van der Waals surface area contributed by atoms with Crippen LogP contribution in [-0.2, 0) is 0 Å². The van der Waals surface area contributed by atoms with E-state index in [-0.39, 0.29) is 5.91 Å². The monoisotopic (exact) mass is 257 g/mol. The molecule has 1 fully saturated rings. The third-order valence-electron chi connectivity index (χ3n) is 2.90. The van der Waals surface area contributed by atoms with E-state index in [0.29, 0.717) is 11.6 Å². The smallest absolute Gasteiger partial charge is 0.292 e. The normalized spacial score (nSPS) is 17.4. The predicted octanol–water partition coefficient (Wildman–Crippen LogP) is 0.980. The molecule has 0 aliphatic carbocycles. The number of aryl methyl sites for hydroxylation is 1. The van der Waals surface area contributed by atoms with Crippen LogP contribution in [0.3, 0.4) is 0 Å². The van der Waals surface area contributed by atoms with Gasteiger partial charge in [0.15, 0.2) is 0 Å². The number of halogens is 1. The van der Waals surface area contributed by atoms with Crippen molar-refractivity contribution in [3.8, 4) is 0 Å². The Morgan fingerprint density at radius 3 is 2.71 bits per heavy atom. The summed E-state index contributed by atoms with van der Waals surface area (Å²) < 4.78 is 4.98. The van der Waals surface area contributed by atoms with Gasteiger partial charge in [-0.05, 0) is 6.92 Å². The number of rotatable bonds is 3. The summed E-state index contributed by atoms with van der Waals surface area (Å²) >= 11 is 5.69. The lowest BCUT2D eigenvalue weighted by Gasteiger charge is -2.33. The first kappa shape index (κ1) is 12.4. The van der Waals surface area contributed by atoms with E-state index in [2.05, 4.69) is 10.1 Å². The highest BCUT2D eigenvalue weighted by atomic mass is 35.5. The molecule has 17 heavy (non-hydrogen) atoms. The molecule has 2 rings (SSSR count). The van der Waals surface area contributed by atoms with E-state index in [1.165, 1.54) is 0 Å². The standard InChI is InChI=1S/C11H16ClN3O2/c1-9-8-10(17-13-9)11(16)15-6-4-14(3-2-12)5-7-15/h8H,2-7H2,1H3. The predicted molar refractivity (Wildman–Crippen MR) is 64.3 cm³/mol. The number of piperazine rings is 1. The van der Waals surface area contributed by atoms with Gasteiger partial charge in [-0.1, -0.05) is 5.16 Å². The van der Waals surface area contributed by atoms with Gasteiger partial charge in [-0.2, -0.15) is 0 Å². The van der Waals surface area contributed by atoms with Crippen molar-refractivity contribution in [2.24, 2.45) is 0 Å². The molecule has 0 radical (unpaired) electrons. The van der Waals surface area contributed by atoms with Crippen molar-refractivity contribution in [1.82, 2.24) is 15.0 Å². The first-order chi connectivity index (χ1) is 8.20. The fraction of sp³-hybridized carbons (Fsp3) is 0.636. The van der Waals surface area contributed by atoms with Crippen LogP contribution in [0.15, 0.2) is 10.6 Å². The molecule has 1 amide bonds. The van der Waals surface area contributed by atoms with E-state index in [1.54, 1.807) is 17.9 Å². The Balaban J connectivity index is 1.90. The van der Waals surface area contributed by atoms with Crippen molar-refractivity contribution < 1.29 is 9.32 Å². The average molecular weight is 258 g/mol. The molecule has 0 atom stereocenters. The van der Waals surface area contributed by atoms with Crippen LogP contribution in [0.2, 0.25) is 0 Å². The maximum atomic E-state index is 12.0. The first-order valence-corrected chi connectivity index (χ1v) is 6.25. The molecule has 0 unspecified atom stereocenters. The number of hydrogen-bond donors (Lipinski definition) is 0. The van der Waals surface area contributed by atoms with Crippen LogP contribution in [-0.4, -0.2) is 59.5 Å². The van der Waals surface area contributed by atoms with Gasteiger partial charge >= 0.3 is 0 Å². The third kappa shape index (κ3) is 2.98. The largest absolute Gasteiger partial charge is 0.351 e. The van der Waals surface area contributed by atoms with Crippen LogP contribution in [0.5, 0.6) is 0 Å². The Kier molecular flexibility index (Phi) is 4.02. The highest BCUT2D eigenvalue weighted by Crippen LogP contribution is 2.09. The van der Waals surface area contributed by atoms with E-state index < -0.39 is 0 Å². The molecule has 6 heteroatoms. The average Bonchev–Trinajstić information content (AvgIpc) is 2.76. The minimum Gasteiger partial charge on any atom is -0.351 e. The molecule has 0 aromatic carbocycles. The van der Waals surface area contributed by atoms with E-state index in [9.17, 15) is 4.79 Å². The number of nitrogens with zero attached hydrogens (tertiary/aromatic N) is 3. The van der Waals surface area contributed by atoms with Crippen molar-refractivity contribution in [3.63, 3.8) is 0 Å². The number of carbonyl (C=O) groups is 1. The molecule has 0 saturated carbocycles. The van der Waals surface area contributed by atoms with Gasteiger partial charge in [0.05, 0.1) is 5.69 Å². The second-order valence-electron chi connectivity index (χ2n) is 4.16. The molecule has 0 N–H and O–H groups in total. The fourth-order valence-corrected chi connectivity index (χ4v) is 2.15. The highest BCUT2D eigenvalue weighted by Gasteiger charge is 2.24. The molecule has 94 valence electrons. The number of amides is 1. The zero-order chi connectivity index (χ0) is 12.3. The summed E-state index contributed by atoms with van der Waals surface area (Å²) in [5.41, 5.74) is 0.731. The van der Waals surface area contributed by atoms with Gasteiger partial charge in [0.1, 0.15) is 0 Å². The SMILES string of the molecule is Cc1cc(C(=O)N2CCN(CCCl)CC2)on1. The maximum absolute atomic E-state index is 12.0. The van der Waals surface area contributed by atoms with Gasteiger partial charge in [-0.3, -0.25) is 9.69 Å². The Labute approximate surface area is 105 Å². The lowest BCUT2D eigenvalue weighted by atomic mass is 10.3. The Bertz CT molecular complexity index is 386. The van der Waals surface area contributed by atoms with Crippen molar-refractivity contribution >= 4 is 17.5 Å². The van der Waals surface area contributed by atoms with Crippen LogP contribution in [0, 0.1) is 6.92 Å². The summed E-state index contributed by atoms with van der Waals surface area (Å²) in [5.74, 6) is 0.888. The van der Waals surface area contributed by atoms with Gasteiger partial charge in [0.25, 0.3) is 5.91 Å². The number of aromatic nitrogens is 1. The van der Waals surface area contributed by atoms with E-state index >= 15 is 0 Å². The Hall–Kier alpha value is -1.07. The summed E-state index contributed by atoms with van der Waals surface area (Å²) in [6.45, 7) is 5.85. The Morgan fingerprint density at radius 2 is 2.18 bits per heavy atom. The van der Waals surface area contributed by atoms with Gasteiger partial charge in [0, 0.05) is 44.7 Å². The summed E-state index contributed by atoms with van der Waals surface area (Å²) in [6, 6.07) is 1.67. The molecule has 1 aliphatic heterocycles. The zero-order valence-electron chi connectivity index (χ0n) is 9.86. The molecule has 1 aromatic rings. The molecule has 1 aromatic heterocycles. The van der Waals surface area contributed by atoms with Gasteiger partial charge in [-0.15, -0.1) is 11.6 Å². The second-order valence-corrected chi connectivity index (χ2v) is 4.53. The minimum atomic E-state index is -0.0730. The summed E-state index contributed by atoms with van der Waals surface area (Å²) in [5, 5.41) is 3.73. The molecule has 5 nitrogen and oxygen atoms in total. The van der Waals surface area contributed by atoms with Gasteiger partial charge in [0.2, 0.25) is 5.76 Å². The van der Waals surface area contributed by atoms with E-state index in [0.717, 1.165) is 38.4 Å². The lowest BCUT2D eigenvalue weighted by molar-refractivity contribution is 0.0604. The van der Waals surface area contributed by atoms with Crippen molar-refractivity contribution in [2.75, 3.05) is 38.6 Å². The van der Waals surface area contributed by atoms with Crippen molar-refractivity contribution in [1.29, 1.82) is 0 Å². The Morgan fingerprint density at radius 1 is 1.47 bits per heavy atom. The third-order valence-corrected chi connectivity index (χ3v) is 3.07. The van der Waals surface area contributed by atoms with Gasteiger partial charge in [-0.25, -0.2) is 0 Å². The summed E-state index contributed by atoms with van der Waals surface area (Å²) in [6.07, 6.45) is 0. The molecule has 0 bridgehead atoms. The highest BCUT2D eigenvalue weighted by molar-refractivity contribution is 6.18. The molecular formula is C11H16ClN3O2. The summed E-state index contributed by atoms with van der Waals surface area (Å²) in [7, 11) is 0. The fourth-order valence-electron chi connectivity index (χ4n) is 1.91. The first-order valence-electron chi connectivity index (χ1n) is 5.71. The van der Waals surface area contributed by atoms with E-state index in [1.807, 2.05) is 0 Å². The molecule has 1 saturated heterocycles. The van der Waals surface area contributed by atoms with Crippen molar-refractivity contribution in [3.05, 3.63) is 17.5 Å². The number of hydrogen-bond acceptors (Lipinski definition) is 4. The molecule has 1 aliphatic rings. The molecule has 0 spiro atoms. The van der Waals surface area contributed by atoms with Crippen molar-refractivity contribution in [2.45, 2.75) is 6.92 Å². The molecule has 2 heterocycles. The van der Waals surface area contributed by atoms with Crippen LogP contribution in [0.1, 0.15) is 16.2 Å². The molecular weight excluding hydrogens is 242 g/mol. The minimum absolute atomic E-state index is 0.0730. The zero-order valence-corrected chi connectivity index (χ0v) is 10.6. The van der Waals surface area contributed by atoms with Crippen LogP contribution in [0.4, 0.5) is 0 Å².